The highest BCUT2D eigenvalue weighted by atomic mass is 32.2. The first-order valence-corrected chi connectivity index (χ1v) is 7.86. The van der Waals surface area contributed by atoms with Crippen molar-refractivity contribution < 1.29 is 0 Å². The predicted octanol–water partition coefficient (Wildman–Crippen LogP) is 6.29. The second-order valence-electron chi connectivity index (χ2n) is 5.99. The minimum Gasteiger partial charge on any atom is -0.144 e. The van der Waals surface area contributed by atoms with Crippen molar-refractivity contribution in [1.82, 2.24) is 0 Å². The fourth-order valence-corrected chi connectivity index (χ4v) is 2.17. The van der Waals surface area contributed by atoms with E-state index < -0.39 is 0 Å². The van der Waals surface area contributed by atoms with E-state index in [9.17, 15) is 0 Å². The van der Waals surface area contributed by atoms with Gasteiger partial charge < -0.3 is 0 Å². The molecule has 4 nitrogen and oxygen atoms in total. The zero-order valence-corrected chi connectivity index (χ0v) is 13.8. The minimum atomic E-state index is 0.0798. The van der Waals surface area contributed by atoms with Gasteiger partial charge in [-0.25, -0.2) is 0 Å². The third-order valence-corrected chi connectivity index (χ3v) is 3.58. The molecular weight excluding hydrogens is 292 g/mol. The second kappa shape index (κ2) is 7.19. The lowest BCUT2D eigenvalue weighted by atomic mass is 10.0. The average Bonchev–Trinajstić information content (AvgIpc) is 2.49. The van der Waals surface area contributed by atoms with Crippen LogP contribution in [0.3, 0.4) is 0 Å². The van der Waals surface area contributed by atoms with E-state index in [1.165, 1.54) is 23.1 Å². The molecule has 22 heavy (non-hydrogen) atoms. The highest BCUT2D eigenvalue weighted by Crippen LogP contribution is 2.26. The van der Waals surface area contributed by atoms with Crippen LogP contribution in [0.25, 0.3) is 4.98 Å². The number of hydrogen-bond donors (Lipinski definition) is 0. The molecule has 0 aliphatic carbocycles. The topological polar surface area (TPSA) is 52.9 Å². The Morgan fingerprint density at radius 3 is 2.00 bits per heavy atom. The van der Waals surface area contributed by atoms with E-state index >= 15 is 0 Å². The summed E-state index contributed by atoms with van der Waals surface area (Å²) in [5.74, 6) is 0. The van der Waals surface area contributed by atoms with Crippen LogP contribution in [0.15, 0.2) is 58.2 Å². The summed E-state index contributed by atoms with van der Waals surface area (Å²) in [4.78, 5) is 3.15. The summed E-state index contributed by atoms with van der Waals surface area (Å²) in [6.45, 7) is 6.32. The maximum absolute atomic E-state index is 8.67. The fraction of sp³-hybridized carbons (Fsp3) is 0.294. The minimum absolute atomic E-state index is 0.0798. The Labute approximate surface area is 135 Å². The maximum Gasteiger partial charge on any atom is 0.385 e. The van der Waals surface area contributed by atoms with Gasteiger partial charge in [-0.1, -0.05) is 24.3 Å². The average molecular weight is 311 g/mol. The van der Waals surface area contributed by atoms with E-state index in [2.05, 4.69) is 47.5 Å². The summed E-state index contributed by atoms with van der Waals surface area (Å²) in [6.07, 6.45) is 0.833. The Morgan fingerprint density at radius 2 is 1.50 bits per heavy atom. The zero-order valence-electron chi connectivity index (χ0n) is 13.0. The van der Waals surface area contributed by atoms with Gasteiger partial charge in [-0.05, 0) is 50.5 Å². The largest absolute Gasteiger partial charge is 0.385 e. The molecule has 0 radical (unpaired) electrons. The highest BCUT2D eigenvalue weighted by Gasteiger charge is 2.09. The molecule has 0 amide bonds. The fourth-order valence-electron chi connectivity index (χ4n) is 1.79. The molecule has 0 atom stereocenters. The Hall–Kier alpha value is -2.19. The van der Waals surface area contributed by atoms with Crippen LogP contribution in [0.2, 0.25) is 0 Å². The highest BCUT2D eigenvalue weighted by molar-refractivity contribution is 7.99. The lowest BCUT2D eigenvalue weighted by Gasteiger charge is -2.11. The standard InChI is InChI=1S/C17H19N4S/c1-17(2,3)22-21-20-16-10-6-14(7-11-16)12-13-4-8-15(19-18)9-5-13/h4-11H,12H2,1-3H3/q+1. The van der Waals surface area contributed by atoms with Crippen molar-refractivity contribution in [1.29, 1.82) is 5.39 Å². The van der Waals surface area contributed by atoms with Gasteiger partial charge in [-0.15, -0.1) is 9.63 Å². The molecule has 5 heteroatoms. The van der Waals surface area contributed by atoms with Crippen LogP contribution < -0.4 is 0 Å². The summed E-state index contributed by atoms with van der Waals surface area (Å²) in [5, 5.41) is 12.9. The van der Waals surface area contributed by atoms with E-state index in [0.29, 0.717) is 5.69 Å². The summed E-state index contributed by atoms with van der Waals surface area (Å²) >= 11 is 1.47. The predicted molar refractivity (Wildman–Crippen MR) is 92.3 cm³/mol. The molecule has 2 aromatic rings. The van der Waals surface area contributed by atoms with E-state index in [-0.39, 0.29) is 4.75 Å². The van der Waals surface area contributed by atoms with E-state index in [4.69, 9.17) is 5.39 Å². The summed E-state index contributed by atoms with van der Waals surface area (Å²) in [5.41, 5.74) is 3.80. The van der Waals surface area contributed by atoms with Crippen LogP contribution in [0.4, 0.5) is 11.4 Å². The molecule has 0 saturated heterocycles. The summed E-state index contributed by atoms with van der Waals surface area (Å²) in [6, 6.07) is 15.6. The van der Waals surface area contributed by atoms with Crippen molar-refractivity contribution >= 4 is 23.3 Å². The monoisotopic (exact) mass is 311 g/mol. The quantitative estimate of drug-likeness (QED) is 0.378. The summed E-state index contributed by atoms with van der Waals surface area (Å²) < 4.78 is 4.23. The van der Waals surface area contributed by atoms with Crippen LogP contribution in [0, 0.1) is 5.39 Å². The first-order chi connectivity index (χ1) is 10.5. The SMILES string of the molecule is CC(C)(C)SN=Nc1ccc(Cc2ccc([N+]#N)cc2)cc1. The van der Waals surface area contributed by atoms with Crippen molar-refractivity contribution in [2.45, 2.75) is 31.9 Å². The molecule has 112 valence electrons. The number of rotatable bonds is 4. The van der Waals surface area contributed by atoms with Gasteiger partial charge in [0, 0.05) is 28.8 Å². The molecule has 0 aliphatic rings. The normalized spacial score (nSPS) is 11.5. The molecule has 0 N–H and O–H groups in total. The molecule has 2 rings (SSSR count). The Bertz CT molecular complexity index is 677. The van der Waals surface area contributed by atoms with Crippen molar-refractivity contribution in [2.24, 2.45) is 9.63 Å². The zero-order chi connectivity index (χ0) is 16.0. The van der Waals surface area contributed by atoms with Gasteiger partial charge in [-0.2, -0.15) is 0 Å². The number of nitrogens with zero attached hydrogens (tertiary/aromatic N) is 4. The number of hydrogen-bond acceptors (Lipinski definition) is 4. The number of benzene rings is 2. The third-order valence-electron chi connectivity index (χ3n) is 2.87. The molecule has 0 aromatic heterocycles. The Kier molecular flexibility index (Phi) is 5.29. The van der Waals surface area contributed by atoms with Crippen molar-refractivity contribution in [3.63, 3.8) is 0 Å². The molecule has 0 aliphatic heterocycles. The molecule has 0 bridgehead atoms. The Balaban J connectivity index is 1.98. The molecule has 0 fully saturated rings. The van der Waals surface area contributed by atoms with Crippen LogP contribution in [0.1, 0.15) is 31.9 Å². The summed E-state index contributed by atoms with van der Waals surface area (Å²) in [7, 11) is 0. The molecular formula is C17H19N4S+. The molecule has 0 saturated carbocycles. The van der Waals surface area contributed by atoms with Gasteiger partial charge in [0.05, 0.1) is 5.69 Å². The lowest BCUT2D eigenvalue weighted by molar-refractivity contribution is 0.802. The van der Waals surface area contributed by atoms with E-state index in [1.54, 1.807) is 12.1 Å². The van der Waals surface area contributed by atoms with E-state index in [0.717, 1.165) is 12.1 Å². The molecule has 0 spiro atoms. The maximum atomic E-state index is 8.67. The molecule has 0 heterocycles. The van der Waals surface area contributed by atoms with Crippen LogP contribution in [0.5, 0.6) is 0 Å². The van der Waals surface area contributed by atoms with Crippen LogP contribution >= 0.6 is 11.9 Å². The van der Waals surface area contributed by atoms with Gasteiger partial charge in [0.15, 0.2) is 4.98 Å². The van der Waals surface area contributed by atoms with Gasteiger partial charge in [-0.3, -0.25) is 0 Å². The third kappa shape index (κ3) is 5.30. The van der Waals surface area contributed by atoms with Crippen LogP contribution in [-0.2, 0) is 6.42 Å². The van der Waals surface area contributed by atoms with Gasteiger partial charge in [0.1, 0.15) is 0 Å². The smallest absolute Gasteiger partial charge is 0.144 e. The van der Waals surface area contributed by atoms with Crippen LogP contribution in [-0.4, -0.2) is 4.75 Å². The van der Waals surface area contributed by atoms with Gasteiger partial charge in [0.2, 0.25) is 5.39 Å². The van der Waals surface area contributed by atoms with Crippen molar-refractivity contribution in [2.75, 3.05) is 0 Å². The van der Waals surface area contributed by atoms with Crippen molar-refractivity contribution in [3.05, 3.63) is 64.6 Å². The Morgan fingerprint density at radius 1 is 0.955 bits per heavy atom. The molecule has 2 aromatic carbocycles. The first kappa shape index (κ1) is 16.2. The van der Waals surface area contributed by atoms with Gasteiger partial charge >= 0.3 is 5.69 Å². The first-order valence-electron chi connectivity index (χ1n) is 7.08. The van der Waals surface area contributed by atoms with Gasteiger partial charge in [0.25, 0.3) is 0 Å². The van der Waals surface area contributed by atoms with Crippen molar-refractivity contribution in [3.8, 4) is 0 Å². The number of diazo groups is 1. The van der Waals surface area contributed by atoms with E-state index in [1.807, 2.05) is 24.3 Å². The lowest BCUT2D eigenvalue weighted by Crippen LogP contribution is -2.04. The molecule has 0 unspecified atom stereocenters. The second-order valence-corrected chi connectivity index (χ2v) is 7.57.